The Morgan fingerprint density at radius 1 is 1.18 bits per heavy atom. The summed E-state index contributed by atoms with van der Waals surface area (Å²) in [5.74, 6) is 2.12. The molecule has 0 N–H and O–H groups in total. The second-order valence-corrected chi connectivity index (χ2v) is 7.36. The molecule has 0 aliphatic carbocycles. The van der Waals surface area contributed by atoms with Gasteiger partial charge in [0.25, 0.3) is 5.91 Å². The fraction of sp³-hybridized carbons (Fsp3) is 0.333. The molecule has 170 valence electrons. The van der Waals surface area contributed by atoms with Crippen LogP contribution < -0.4 is 4.74 Å². The lowest BCUT2D eigenvalue weighted by Gasteiger charge is -2.37. The summed E-state index contributed by atoms with van der Waals surface area (Å²) in [6.45, 7) is 2.18. The molecule has 9 nitrogen and oxygen atoms in total. The second-order valence-electron chi connectivity index (χ2n) is 7.36. The summed E-state index contributed by atoms with van der Waals surface area (Å²) in [5.41, 5.74) is 0.332. The molecule has 0 aromatic carbocycles. The summed E-state index contributed by atoms with van der Waals surface area (Å²) in [5, 5.41) is 8.17. The Kier molecular flexibility index (Phi) is 5.95. The maximum atomic E-state index is 13.4. The van der Waals surface area contributed by atoms with E-state index in [0.717, 1.165) is 5.56 Å². The predicted molar refractivity (Wildman–Crippen MR) is 108 cm³/mol. The molecule has 0 bridgehead atoms. The van der Waals surface area contributed by atoms with Gasteiger partial charge in [-0.25, -0.2) is 15.0 Å². The van der Waals surface area contributed by atoms with Crippen molar-refractivity contribution in [2.75, 3.05) is 6.54 Å². The van der Waals surface area contributed by atoms with Gasteiger partial charge in [0.15, 0.2) is 5.69 Å². The van der Waals surface area contributed by atoms with Gasteiger partial charge in [-0.05, 0) is 31.4 Å². The number of alkyl halides is 3. The molecular formula is C21H18F3N7O2. The summed E-state index contributed by atoms with van der Waals surface area (Å²) in [4.78, 5) is 27.7. The number of nitrogens with zero attached hydrogens (tertiary/aromatic N) is 7. The highest BCUT2D eigenvalue weighted by Gasteiger charge is 2.37. The van der Waals surface area contributed by atoms with E-state index in [4.69, 9.17) is 11.2 Å². The summed E-state index contributed by atoms with van der Waals surface area (Å²) < 4.78 is 43.9. The molecular weight excluding hydrogens is 439 g/mol. The van der Waals surface area contributed by atoms with E-state index in [0.29, 0.717) is 37.5 Å². The van der Waals surface area contributed by atoms with Gasteiger partial charge in [-0.1, -0.05) is 5.92 Å². The van der Waals surface area contributed by atoms with Crippen molar-refractivity contribution >= 4 is 5.91 Å². The molecule has 33 heavy (non-hydrogen) atoms. The first-order valence-electron chi connectivity index (χ1n) is 9.94. The number of rotatable bonds is 4. The Bertz CT molecular complexity index is 1170. The largest absolute Gasteiger partial charge is 0.457 e. The van der Waals surface area contributed by atoms with Crippen molar-refractivity contribution in [3.63, 3.8) is 0 Å². The van der Waals surface area contributed by atoms with Gasteiger partial charge in [-0.2, -0.15) is 23.4 Å². The Hall–Kier alpha value is -4.01. The Morgan fingerprint density at radius 3 is 2.52 bits per heavy atom. The lowest BCUT2D eigenvalue weighted by molar-refractivity contribution is -0.138. The first kappa shape index (κ1) is 22.2. The molecule has 3 aromatic rings. The van der Waals surface area contributed by atoms with Crippen LogP contribution in [0.2, 0.25) is 0 Å². The van der Waals surface area contributed by atoms with Crippen LogP contribution in [0, 0.1) is 19.3 Å². The zero-order chi connectivity index (χ0) is 23.6. The summed E-state index contributed by atoms with van der Waals surface area (Å²) >= 11 is 0. The molecule has 2 atom stereocenters. The molecule has 0 spiro atoms. The molecule has 3 aromatic heterocycles. The van der Waals surface area contributed by atoms with Crippen molar-refractivity contribution in [1.82, 2.24) is 34.8 Å². The third kappa shape index (κ3) is 4.62. The van der Waals surface area contributed by atoms with Crippen LogP contribution in [-0.4, -0.2) is 59.4 Å². The van der Waals surface area contributed by atoms with Gasteiger partial charge in [-0.15, -0.1) is 11.2 Å². The first-order valence-corrected chi connectivity index (χ1v) is 9.94. The Balaban J connectivity index is 1.58. The highest BCUT2D eigenvalue weighted by molar-refractivity contribution is 5.96. The number of halogens is 3. The fourth-order valence-electron chi connectivity index (χ4n) is 3.52. The maximum absolute atomic E-state index is 13.4. The lowest BCUT2D eigenvalue weighted by atomic mass is 9.98. The van der Waals surface area contributed by atoms with Crippen molar-refractivity contribution in [1.29, 1.82) is 0 Å². The normalized spacial score (nSPS) is 18.6. The molecule has 2 unspecified atom stereocenters. The van der Waals surface area contributed by atoms with Crippen LogP contribution in [0.4, 0.5) is 13.2 Å². The number of carbonyl (C=O) groups excluding carboxylic acids is 1. The van der Waals surface area contributed by atoms with Crippen molar-refractivity contribution in [3.05, 3.63) is 53.9 Å². The van der Waals surface area contributed by atoms with Crippen molar-refractivity contribution < 1.29 is 22.7 Å². The SMILES string of the molecule is C#CC1C(Oc2ncc(C(F)(F)F)cn2)CCCN1C(=O)c1ncc(C)cc1-n1nccn1. The number of likely N-dealkylation sites (tertiary alicyclic amines) is 1. The van der Waals surface area contributed by atoms with Gasteiger partial charge >= 0.3 is 12.2 Å². The van der Waals surface area contributed by atoms with Crippen molar-refractivity contribution in [2.24, 2.45) is 0 Å². The van der Waals surface area contributed by atoms with E-state index >= 15 is 0 Å². The van der Waals surface area contributed by atoms with Crippen molar-refractivity contribution in [3.8, 4) is 24.0 Å². The second kappa shape index (κ2) is 8.85. The molecule has 1 aliphatic rings. The molecule has 0 radical (unpaired) electrons. The van der Waals surface area contributed by atoms with Gasteiger partial charge in [0.05, 0.1) is 18.0 Å². The molecule has 4 rings (SSSR count). The number of terminal acetylenes is 1. The van der Waals surface area contributed by atoms with E-state index in [1.54, 1.807) is 12.3 Å². The molecule has 4 heterocycles. The molecule has 1 saturated heterocycles. The quantitative estimate of drug-likeness (QED) is 0.555. The van der Waals surface area contributed by atoms with Gasteiger partial charge in [0, 0.05) is 25.1 Å². The molecule has 1 fully saturated rings. The summed E-state index contributed by atoms with van der Waals surface area (Å²) in [6.07, 6.45) is 7.28. The van der Waals surface area contributed by atoms with E-state index < -0.39 is 29.8 Å². The monoisotopic (exact) mass is 457 g/mol. The minimum absolute atomic E-state index is 0.114. The standard InChI is InChI=1S/C21H18F3N7O2/c1-3-15-17(33-20-26-11-14(12-27-20)21(22,23)24)5-4-8-30(15)19(32)18-16(9-13(2)10-25-18)31-28-6-7-29-31/h1,6-7,9-12,15,17H,4-5,8H2,2H3. The molecule has 1 amide bonds. The van der Waals surface area contributed by atoms with E-state index in [-0.39, 0.29) is 11.7 Å². The highest BCUT2D eigenvalue weighted by Crippen LogP contribution is 2.29. The van der Waals surface area contributed by atoms with E-state index in [1.165, 1.54) is 22.1 Å². The highest BCUT2D eigenvalue weighted by atomic mass is 19.4. The molecule has 0 saturated carbocycles. The van der Waals surface area contributed by atoms with Crippen LogP contribution in [0.1, 0.15) is 34.5 Å². The van der Waals surface area contributed by atoms with Gasteiger partial charge in [0.2, 0.25) is 0 Å². The topological polar surface area (TPSA) is 98.9 Å². The Morgan fingerprint density at radius 2 is 1.88 bits per heavy atom. The minimum Gasteiger partial charge on any atom is -0.457 e. The van der Waals surface area contributed by atoms with E-state index in [9.17, 15) is 18.0 Å². The van der Waals surface area contributed by atoms with Gasteiger partial charge in [-0.3, -0.25) is 4.79 Å². The van der Waals surface area contributed by atoms with Gasteiger partial charge < -0.3 is 9.64 Å². The summed E-state index contributed by atoms with van der Waals surface area (Å²) in [7, 11) is 0. The Labute approximate surface area is 186 Å². The number of hydrogen-bond donors (Lipinski definition) is 0. The van der Waals surface area contributed by atoms with Crippen LogP contribution in [0.3, 0.4) is 0 Å². The van der Waals surface area contributed by atoms with Crippen LogP contribution in [0.15, 0.2) is 37.1 Å². The van der Waals surface area contributed by atoms with Crippen LogP contribution in [-0.2, 0) is 6.18 Å². The van der Waals surface area contributed by atoms with Crippen LogP contribution in [0.25, 0.3) is 5.69 Å². The van der Waals surface area contributed by atoms with E-state index in [2.05, 4.69) is 31.1 Å². The number of pyridine rings is 1. The number of carbonyl (C=O) groups is 1. The number of hydrogen-bond acceptors (Lipinski definition) is 7. The minimum atomic E-state index is -4.56. The first-order chi connectivity index (χ1) is 15.8. The number of ether oxygens (including phenoxy) is 1. The number of piperidine rings is 1. The predicted octanol–water partition coefficient (Wildman–Crippen LogP) is 2.46. The third-order valence-electron chi connectivity index (χ3n) is 5.06. The average Bonchev–Trinajstić information content (AvgIpc) is 3.33. The zero-order valence-corrected chi connectivity index (χ0v) is 17.4. The van der Waals surface area contributed by atoms with Crippen LogP contribution >= 0.6 is 0 Å². The maximum Gasteiger partial charge on any atom is 0.419 e. The average molecular weight is 457 g/mol. The molecule has 12 heteroatoms. The number of amides is 1. The fourth-order valence-corrected chi connectivity index (χ4v) is 3.52. The van der Waals surface area contributed by atoms with Crippen LogP contribution in [0.5, 0.6) is 6.01 Å². The smallest absolute Gasteiger partial charge is 0.419 e. The number of aryl methyl sites for hydroxylation is 1. The lowest BCUT2D eigenvalue weighted by Crippen LogP contribution is -2.52. The molecule has 1 aliphatic heterocycles. The van der Waals surface area contributed by atoms with Crippen molar-refractivity contribution in [2.45, 2.75) is 38.1 Å². The van der Waals surface area contributed by atoms with Gasteiger partial charge in [0.1, 0.15) is 17.8 Å². The summed E-state index contributed by atoms with van der Waals surface area (Å²) in [6, 6.07) is 0.676. The van der Waals surface area contributed by atoms with E-state index in [1.807, 2.05) is 6.92 Å². The third-order valence-corrected chi connectivity index (χ3v) is 5.06. The zero-order valence-electron chi connectivity index (χ0n) is 17.4. The number of aromatic nitrogens is 6.